The predicted molar refractivity (Wildman–Crippen MR) is 185 cm³/mol. The molecule has 0 spiro atoms. The summed E-state index contributed by atoms with van der Waals surface area (Å²) in [5, 5.41) is 12.5. The lowest BCUT2D eigenvalue weighted by Crippen LogP contribution is -2.38. The highest BCUT2D eigenvalue weighted by atomic mass is 32.2. The number of para-hydroxylation sites is 1. The number of phenols is 1. The number of unbranched alkanes of at least 4 members (excludes halogenated alkanes) is 1. The lowest BCUT2D eigenvalue weighted by atomic mass is 10.0. The topological polar surface area (TPSA) is 75.6 Å². The molecule has 0 fully saturated rings. The molecule has 1 aromatic rings. The Hall–Kier alpha value is -3.25. The molecule has 43 heavy (non-hydrogen) atoms. The zero-order chi connectivity index (χ0) is 31.4. The minimum absolute atomic E-state index is 0.0756. The summed E-state index contributed by atoms with van der Waals surface area (Å²) in [6, 6.07) is 6.35. The van der Waals surface area contributed by atoms with Crippen LogP contribution in [0.25, 0.3) is 0 Å². The maximum Gasteiger partial charge on any atom is 0.322 e. The van der Waals surface area contributed by atoms with Crippen molar-refractivity contribution in [1.29, 1.82) is 0 Å². The summed E-state index contributed by atoms with van der Waals surface area (Å²) in [5.74, 6) is 0.184. The van der Waals surface area contributed by atoms with Crippen LogP contribution in [-0.2, 0) is 9.53 Å². The first-order valence-corrected chi connectivity index (χ1v) is 16.8. The summed E-state index contributed by atoms with van der Waals surface area (Å²) >= 11 is 1.67. The predicted octanol–water partition coefficient (Wildman–Crippen LogP) is 9.44. The summed E-state index contributed by atoms with van der Waals surface area (Å²) in [4.78, 5) is 25.1. The van der Waals surface area contributed by atoms with Crippen molar-refractivity contribution in [2.24, 2.45) is 0 Å². The fraction of sp³-hybridized carbons (Fsp3) is 0.459. The van der Waals surface area contributed by atoms with Crippen molar-refractivity contribution in [3.63, 3.8) is 0 Å². The van der Waals surface area contributed by atoms with Gasteiger partial charge in [-0.2, -0.15) is 0 Å². The lowest BCUT2D eigenvalue weighted by Gasteiger charge is -2.28. The van der Waals surface area contributed by atoms with E-state index in [-0.39, 0.29) is 30.4 Å². The molecule has 0 radical (unpaired) electrons. The number of ether oxygens (including phenoxy) is 1. The fourth-order valence-corrected chi connectivity index (χ4v) is 5.40. The first kappa shape index (κ1) is 37.8. The van der Waals surface area contributed by atoms with Crippen molar-refractivity contribution < 1.29 is 19.4 Å². The molecule has 0 aromatic heterocycles. The molecule has 1 rings (SSSR count). The van der Waals surface area contributed by atoms with Gasteiger partial charge in [0, 0.05) is 0 Å². The molecule has 1 amide bonds. The van der Waals surface area contributed by atoms with Crippen LogP contribution < -0.4 is 5.32 Å². The second kappa shape index (κ2) is 25.3. The Kier molecular flexibility index (Phi) is 22.2. The van der Waals surface area contributed by atoms with E-state index in [1.54, 1.807) is 30.0 Å². The highest BCUT2D eigenvalue weighted by Crippen LogP contribution is 2.34. The van der Waals surface area contributed by atoms with E-state index in [9.17, 15) is 14.7 Å². The molecule has 0 atom stereocenters. The number of aromatic hydroxyl groups is 1. The van der Waals surface area contributed by atoms with Gasteiger partial charge in [-0.3, -0.25) is 9.59 Å². The summed E-state index contributed by atoms with van der Waals surface area (Å²) in [6.45, 7) is 6.47. The second-order valence-corrected chi connectivity index (χ2v) is 11.5. The summed E-state index contributed by atoms with van der Waals surface area (Å²) in [5.41, 5.74) is 0.202. The zero-order valence-electron chi connectivity index (χ0n) is 26.5. The van der Waals surface area contributed by atoms with Crippen molar-refractivity contribution >= 4 is 23.6 Å². The van der Waals surface area contributed by atoms with E-state index in [1.807, 2.05) is 13.8 Å². The van der Waals surface area contributed by atoms with Gasteiger partial charge in [-0.25, -0.2) is 0 Å². The number of rotatable bonds is 23. The first-order valence-electron chi connectivity index (χ1n) is 15.8. The average molecular weight is 608 g/mol. The summed E-state index contributed by atoms with van der Waals surface area (Å²) in [6.07, 6.45) is 35.8. The van der Waals surface area contributed by atoms with E-state index in [1.165, 1.54) is 6.07 Å². The van der Waals surface area contributed by atoms with Gasteiger partial charge in [-0.15, -0.1) is 11.8 Å². The van der Waals surface area contributed by atoms with Gasteiger partial charge < -0.3 is 15.2 Å². The van der Waals surface area contributed by atoms with Crippen LogP contribution in [0.5, 0.6) is 5.75 Å². The van der Waals surface area contributed by atoms with Crippen LogP contribution in [0.2, 0.25) is 0 Å². The largest absolute Gasteiger partial charge is 0.507 e. The molecule has 0 aliphatic heterocycles. The van der Waals surface area contributed by atoms with Crippen molar-refractivity contribution in [2.45, 2.75) is 89.7 Å². The second-order valence-electron chi connectivity index (χ2n) is 10.0. The molecule has 0 saturated carbocycles. The van der Waals surface area contributed by atoms with Gasteiger partial charge in [0.25, 0.3) is 5.91 Å². The summed E-state index contributed by atoms with van der Waals surface area (Å²) in [7, 11) is 0. The minimum Gasteiger partial charge on any atom is -0.507 e. The average Bonchev–Trinajstić information content (AvgIpc) is 3.02. The fourth-order valence-electron chi connectivity index (χ4n) is 4.11. The van der Waals surface area contributed by atoms with Gasteiger partial charge >= 0.3 is 5.97 Å². The Labute approximate surface area is 265 Å². The van der Waals surface area contributed by atoms with Crippen molar-refractivity contribution in [2.75, 3.05) is 18.9 Å². The van der Waals surface area contributed by atoms with Crippen LogP contribution >= 0.6 is 11.8 Å². The molecular weight excluding hydrogens is 554 g/mol. The van der Waals surface area contributed by atoms with Crippen molar-refractivity contribution in [3.05, 3.63) is 103 Å². The van der Waals surface area contributed by atoms with E-state index in [0.29, 0.717) is 12.8 Å². The molecule has 2 N–H and O–H groups in total. The van der Waals surface area contributed by atoms with Gasteiger partial charge in [0.05, 0.1) is 12.1 Å². The number of esters is 1. The van der Waals surface area contributed by atoms with Crippen LogP contribution in [-0.4, -0.2) is 40.6 Å². The van der Waals surface area contributed by atoms with Crippen molar-refractivity contribution in [1.82, 2.24) is 5.32 Å². The van der Waals surface area contributed by atoms with E-state index in [0.717, 1.165) is 57.1 Å². The van der Waals surface area contributed by atoms with E-state index in [4.69, 9.17) is 4.74 Å². The number of allylic oxidation sites excluding steroid dienone is 12. The minimum atomic E-state index is -0.569. The normalized spacial score (nSPS) is 12.6. The van der Waals surface area contributed by atoms with E-state index >= 15 is 0 Å². The first-order chi connectivity index (χ1) is 21.0. The number of thioether (sulfide) groups is 1. The maximum absolute atomic E-state index is 12.9. The standard InChI is InChI=1S/C37H53NO4S/c1-4-7-8-9-10-11-12-13-14-15-16-17-18-19-20-21-22-23-24-27-32-43-37(5-2,6-3)36(41)42-31-30-38-35(40)33-28-25-26-29-34(33)39/h7-8,10-11,13-14,16-17,19-20,22-23,25-26,28-29,39H,4-6,9,12,15,18,21,24,27,30-32H2,1-3H3,(H,38,40). The molecule has 0 heterocycles. The van der Waals surface area contributed by atoms with Crippen LogP contribution in [0, 0.1) is 0 Å². The number of hydrogen-bond acceptors (Lipinski definition) is 5. The Morgan fingerprint density at radius 3 is 1.81 bits per heavy atom. The molecule has 5 nitrogen and oxygen atoms in total. The van der Waals surface area contributed by atoms with Gasteiger partial charge in [0.15, 0.2) is 0 Å². The number of hydrogen-bond donors (Lipinski definition) is 2. The zero-order valence-corrected chi connectivity index (χ0v) is 27.3. The molecule has 0 saturated heterocycles. The third kappa shape index (κ3) is 17.5. The highest BCUT2D eigenvalue weighted by molar-refractivity contribution is 8.01. The van der Waals surface area contributed by atoms with Crippen LogP contribution in [0.1, 0.15) is 95.3 Å². The number of carbonyl (C=O) groups excluding carboxylic acids is 2. The molecule has 6 heteroatoms. The number of nitrogens with one attached hydrogen (secondary N) is 1. The maximum atomic E-state index is 12.9. The molecular formula is C37H53NO4S. The van der Waals surface area contributed by atoms with Gasteiger partial charge in [0.1, 0.15) is 17.1 Å². The molecule has 0 aliphatic carbocycles. The third-order valence-electron chi connectivity index (χ3n) is 6.77. The van der Waals surface area contributed by atoms with E-state index in [2.05, 4.69) is 85.2 Å². The molecule has 236 valence electrons. The Bertz CT molecular complexity index is 1080. The Morgan fingerprint density at radius 2 is 1.30 bits per heavy atom. The van der Waals surface area contributed by atoms with Crippen molar-refractivity contribution in [3.8, 4) is 5.75 Å². The van der Waals surface area contributed by atoms with Crippen LogP contribution in [0.4, 0.5) is 0 Å². The molecule has 0 bridgehead atoms. The Balaban J connectivity index is 2.18. The van der Waals surface area contributed by atoms with Gasteiger partial charge in [0.2, 0.25) is 0 Å². The molecule has 0 unspecified atom stereocenters. The summed E-state index contributed by atoms with van der Waals surface area (Å²) < 4.78 is 4.96. The smallest absolute Gasteiger partial charge is 0.322 e. The highest BCUT2D eigenvalue weighted by Gasteiger charge is 2.36. The van der Waals surface area contributed by atoms with Gasteiger partial charge in [-0.05, 0) is 82.1 Å². The number of benzene rings is 1. The lowest BCUT2D eigenvalue weighted by molar-refractivity contribution is -0.146. The quantitative estimate of drug-likeness (QED) is 0.0736. The number of phenolic OH excluding ortho intramolecular Hbond substituents is 1. The number of amides is 1. The number of carbonyl (C=O) groups is 2. The monoisotopic (exact) mass is 607 g/mol. The Morgan fingerprint density at radius 1 is 0.791 bits per heavy atom. The van der Waals surface area contributed by atoms with E-state index < -0.39 is 10.7 Å². The molecule has 0 aliphatic rings. The van der Waals surface area contributed by atoms with Gasteiger partial charge in [-0.1, -0.05) is 106 Å². The third-order valence-corrected chi connectivity index (χ3v) is 8.56. The van der Waals surface area contributed by atoms with Crippen LogP contribution in [0.15, 0.2) is 97.2 Å². The SMILES string of the molecule is CCC=CCC=CCC=CCC=CCC=CCC=CCCCSC(CC)(CC)C(=O)OCCNC(=O)c1ccccc1O. The molecule has 1 aromatic carbocycles. The van der Waals surface area contributed by atoms with Crippen LogP contribution in [0.3, 0.4) is 0 Å².